The van der Waals surface area contributed by atoms with E-state index in [1.165, 1.54) is 32.1 Å². The lowest BCUT2D eigenvalue weighted by Gasteiger charge is -2.62. The Balaban J connectivity index is 1.25. The number of likely N-dealkylation sites (tertiary alicyclic amines) is 2. The van der Waals surface area contributed by atoms with Gasteiger partial charge < -0.3 is 14.5 Å². The molecule has 7 heteroatoms. The van der Waals surface area contributed by atoms with Gasteiger partial charge in [0.15, 0.2) is 6.10 Å². The Bertz CT molecular complexity index is 816. The van der Waals surface area contributed by atoms with Crippen LogP contribution in [0.1, 0.15) is 74.0 Å². The monoisotopic (exact) mass is 414 g/mol. The highest BCUT2D eigenvalue weighted by Crippen LogP contribution is 2.48. The number of rotatable bonds is 5. The van der Waals surface area contributed by atoms with E-state index in [9.17, 15) is 9.59 Å². The number of β-lactam (4-membered cyclic amide) rings is 1. The number of amides is 2. The smallest absolute Gasteiger partial charge is 0.272 e. The zero-order valence-corrected chi connectivity index (χ0v) is 18.3. The molecule has 1 aromatic rings. The van der Waals surface area contributed by atoms with Crippen molar-refractivity contribution in [3.05, 3.63) is 17.5 Å². The first-order chi connectivity index (χ1) is 14.5. The Labute approximate surface area is 178 Å². The molecule has 4 aliphatic rings. The van der Waals surface area contributed by atoms with E-state index in [4.69, 9.17) is 4.74 Å². The number of piperidine rings is 1. The number of nitrogens with zero attached hydrogens (tertiary/aromatic N) is 4. The second-order valence-corrected chi connectivity index (χ2v) is 9.85. The predicted molar refractivity (Wildman–Crippen MR) is 112 cm³/mol. The molecule has 1 aromatic heterocycles. The van der Waals surface area contributed by atoms with Gasteiger partial charge in [-0.05, 0) is 57.4 Å². The molecule has 4 fully saturated rings. The zero-order valence-electron chi connectivity index (χ0n) is 18.3. The summed E-state index contributed by atoms with van der Waals surface area (Å²) in [5.41, 5.74) is 1.42. The first-order valence-corrected chi connectivity index (χ1v) is 11.7. The molecule has 2 aliphatic carbocycles. The summed E-state index contributed by atoms with van der Waals surface area (Å²) >= 11 is 0. The third-order valence-electron chi connectivity index (χ3n) is 7.68. The highest BCUT2D eigenvalue weighted by atomic mass is 16.5. The van der Waals surface area contributed by atoms with Crippen LogP contribution in [0.15, 0.2) is 6.07 Å². The van der Waals surface area contributed by atoms with Gasteiger partial charge >= 0.3 is 0 Å². The Morgan fingerprint density at radius 1 is 1.17 bits per heavy atom. The van der Waals surface area contributed by atoms with E-state index in [1.54, 1.807) is 4.68 Å². The molecular formula is C23H34N4O3. The molecule has 1 spiro atoms. The normalized spacial score (nSPS) is 26.9. The molecular weight excluding hydrogens is 380 g/mol. The van der Waals surface area contributed by atoms with Crippen LogP contribution in [-0.2, 0) is 16.6 Å². The van der Waals surface area contributed by atoms with E-state index < -0.39 is 0 Å². The van der Waals surface area contributed by atoms with Crippen LogP contribution < -0.4 is 0 Å². The van der Waals surface area contributed by atoms with E-state index in [0.717, 1.165) is 38.0 Å². The fraction of sp³-hybridized carbons (Fsp3) is 0.783. The molecule has 30 heavy (non-hydrogen) atoms. The number of hydrogen-bond acceptors (Lipinski definition) is 4. The minimum atomic E-state index is -0.226. The van der Waals surface area contributed by atoms with Crippen LogP contribution in [0.5, 0.6) is 0 Å². The lowest BCUT2D eigenvalue weighted by atomic mass is 9.68. The number of carbonyl (C=O) groups is 2. The van der Waals surface area contributed by atoms with Gasteiger partial charge in [-0.25, -0.2) is 0 Å². The lowest BCUT2D eigenvalue weighted by molar-refractivity contribution is -0.211. The molecule has 0 radical (unpaired) electrons. The first kappa shape index (κ1) is 20.0. The lowest BCUT2D eigenvalue weighted by Crippen LogP contribution is -2.78. The van der Waals surface area contributed by atoms with Gasteiger partial charge in [-0.2, -0.15) is 5.10 Å². The van der Waals surface area contributed by atoms with Crippen molar-refractivity contribution in [1.82, 2.24) is 19.6 Å². The van der Waals surface area contributed by atoms with E-state index in [-0.39, 0.29) is 29.5 Å². The summed E-state index contributed by atoms with van der Waals surface area (Å²) < 4.78 is 7.86. The average Bonchev–Trinajstić information content (AvgIpc) is 3.51. The first-order valence-electron chi connectivity index (χ1n) is 11.7. The number of hydrogen-bond donors (Lipinski definition) is 0. The van der Waals surface area contributed by atoms with Crippen molar-refractivity contribution in [2.45, 2.75) is 82.4 Å². The zero-order chi connectivity index (χ0) is 20.9. The quantitative estimate of drug-likeness (QED) is 0.695. The minimum Gasteiger partial charge on any atom is -0.366 e. The second kappa shape index (κ2) is 7.66. The number of carbonyl (C=O) groups excluding carboxylic acids is 2. The fourth-order valence-corrected chi connectivity index (χ4v) is 5.89. The van der Waals surface area contributed by atoms with Crippen molar-refractivity contribution < 1.29 is 14.3 Å². The van der Waals surface area contributed by atoms with E-state index in [1.807, 2.05) is 24.9 Å². The molecule has 1 unspecified atom stereocenters. The van der Waals surface area contributed by atoms with Crippen molar-refractivity contribution in [1.29, 1.82) is 0 Å². The second-order valence-electron chi connectivity index (χ2n) is 9.85. The van der Waals surface area contributed by atoms with Gasteiger partial charge in [0.25, 0.3) is 11.8 Å². The SMILES string of the molecule is Cc1cc(C(=O)N2CCC(N3C(=O)C(OCC4CC4)C34CCCCC4)CC2)n(C)n1. The van der Waals surface area contributed by atoms with Crippen LogP contribution in [0.3, 0.4) is 0 Å². The number of aryl methyl sites for hydroxylation is 2. The van der Waals surface area contributed by atoms with Crippen molar-refractivity contribution >= 4 is 11.8 Å². The molecule has 2 amide bonds. The summed E-state index contributed by atoms with van der Waals surface area (Å²) in [6, 6.07) is 2.08. The molecule has 0 N–H and O–H groups in total. The largest absolute Gasteiger partial charge is 0.366 e. The van der Waals surface area contributed by atoms with E-state index in [0.29, 0.717) is 24.7 Å². The maximum Gasteiger partial charge on any atom is 0.272 e. The summed E-state index contributed by atoms with van der Waals surface area (Å²) in [7, 11) is 1.82. The van der Waals surface area contributed by atoms with Crippen LogP contribution in [0, 0.1) is 12.8 Å². The van der Waals surface area contributed by atoms with Crippen LogP contribution >= 0.6 is 0 Å². The van der Waals surface area contributed by atoms with E-state index >= 15 is 0 Å². The van der Waals surface area contributed by atoms with Gasteiger partial charge in [-0.3, -0.25) is 14.3 Å². The van der Waals surface area contributed by atoms with Gasteiger partial charge in [0, 0.05) is 26.2 Å². The Morgan fingerprint density at radius 3 is 2.47 bits per heavy atom. The maximum absolute atomic E-state index is 13.2. The van der Waals surface area contributed by atoms with Crippen LogP contribution in [-0.4, -0.2) is 68.8 Å². The standard InChI is InChI=1S/C23H34N4O3/c1-16-14-19(25(2)24-16)21(28)26-12-8-18(9-13-26)27-22(29)20(30-15-17-6-7-17)23(27)10-4-3-5-11-23/h14,17-18,20H,3-13,15H2,1-2H3. The van der Waals surface area contributed by atoms with Gasteiger partial charge in [0.05, 0.1) is 17.8 Å². The molecule has 2 saturated heterocycles. The summed E-state index contributed by atoms with van der Waals surface area (Å²) in [6.07, 6.45) is 9.75. The van der Waals surface area contributed by atoms with Crippen molar-refractivity contribution in [3.8, 4) is 0 Å². The molecule has 0 bridgehead atoms. The van der Waals surface area contributed by atoms with Crippen LogP contribution in [0.4, 0.5) is 0 Å². The summed E-state index contributed by atoms with van der Waals surface area (Å²) in [6.45, 7) is 4.05. The van der Waals surface area contributed by atoms with Crippen molar-refractivity contribution in [2.24, 2.45) is 13.0 Å². The predicted octanol–water partition coefficient (Wildman–Crippen LogP) is 2.67. The highest BCUT2D eigenvalue weighted by molar-refractivity contribution is 5.93. The third-order valence-corrected chi connectivity index (χ3v) is 7.68. The Kier molecular flexibility index (Phi) is 5.12. The summed E-state index contributed by atoms with van der Waals surface area (Å²) in [5.74, 6) is 0.923. The molecule has 3 heterocycles. The molecule has 2 aliphatic heterocycles. The van der Waals surface area contributed by atoms with Crippen molar-refractivity contribution in [2.75, 3.05) is 19.7 Å². The fourth-order valence-electron chi connectivity index (χ4n) is 5.89. The highest BCUT2D eigenvalue weighted by Gasteiger charge is 2.62. The van der Waals surface area contributed by atoms with Gasteiger partial charge in [0.2, 0.25) is 0 Å². The molecule has 7 nitrogen and oxygen atoms in total. The third kappa shape index (κ3) is 3.35. The molecule has 0 aromatic carbocycles. The molecule has 164 valence electrons. The topological polar surface area (TPSA) is 67.7 Å². The molecule has 1 atom stereocenters. The average molecular weight is 415 g/mol. The number of ether oxygens (including phenoxy) is 1. The van der Waals surface area contributed by atoms with Gasteiger partial charge in [-0.15, -0.1) is 0 Å². The minimum absolute atomic E-state index is 0.0458. The summed E-state index contributed by atoms with van der Waals surface area (Å²) in [5, 5.41) is 4.30. The van der Waals surface area contributed by atoms with E-state index in [2.05, 4.69) is 10.00 Å². The Hall–Kier alpha value is -1.89. The molecule has 2 saturated carbocycles. The Morgan fingerprint density at radius 2 is 1.87 bits per heavy atom. The van der Waals surface area contributed by atoms with Crippen LogP contribution in [0.25, 0.3) is 0 Å². The van der Waals surface area contributed by atoms with Gasteiger partial charge in [0.1, 0.15) is 5.69 Å². The maximum atomic E-state index is 13.2. The number of aromatic nitrogens is 2. The molecule has 5 rings (SSSR count). The van der Waals surface area contributed by atoms with Gasteiger partial charge in [-0.1, -0.05) is 19.3 Å². The van der Waals surface area contributed by atoms with Crippen molar-refractivity contribution in [3.63, 3.8) is 0 Å². The summed E-state index contributed by atoms with van der Waals surface area (Å²) in [4.78, 5) is 30.2. The van der Waals surface area contributed by atoms with Crippen LogP contribution in [0.2, 0.25) is 0 Å².